The summed E-state index contributed by atoms with van der Waals surface area (Å²) >= 11 is 4.82. The maximum absolute atomic E-state index is 9.58. The van der Waals surface area contributed by atoms with Crippen LogP contribution < -0.4 is 0 Å². The van der Waals surface area contributed by atoms with Gasteiger partial charge < -0.3 is 0 Å². The van der Waals surface area contributed by atoms with E-state index < -0.39 is 0 Å². The summed E-state index contributed by atoms with van der Waals surface area (Å²) in [6.07, 6.45) is 0.432. The van der Waals surface area contributed by atoms with E-state index in [4.69, 9.17) is 11.6 Å². The number of carbonyl (C=O) groups excluding carboxylic acids is 1. The standard InChI is InChI=1S/C3H5ClO.CH4.Ar.HI/c1-2-3(4)5;;;/h2H2,1H3;1H4;;1H. The smallest absolute Gasteiger partial charge is 0.221 e. The van der Waals surface area contributed by atoms with Gasteiger partial charge in [0.2, 0.25) is 5.24 Å². The van der Waals surface area contributed by atoms with Gasteiger partial charge in [0.15, 0.2) is 0 Å². The second-order valence-electron chi connectivity index (χ2n) is 0.709. The van der Waals surface area contributed by atoms with Crippen LogP contribution in [0.4, 0.5) is 0 Å². The van der Waals surface area contributed by atoms with Crippen molar-refractivity contribution in [3.63, 3.8) is 0 Å². The van der Waals surface area contributed by atoms with Gasteiger partial charge >= 0.3 is 0 Å². The molecule has 1 nitrogen and oxygen atoms in total. The first kappa shape index (κ1) is 22.5. The minimum Gasteiger partial charge on any atom is -0.281 e. The zero-order chi connectivity index (χ0) is 4.28. The molecule has 0 N–H and O–H groups in total. The normalized spacial score (nSPS) is 4.75. The van der Waals surface area contributed by atoms with Crippen molar-refractivity contribution in [1.29, 1.82) is 0 Å². The molecule has 0 aromatic rings. The molecule has 0 amide bonds. The maximum atomic E-state index is 9.58. The van der Waals surface area contributed by atoms with E-state index in [1.54, 1.807) is 6.92 Å². The molecule has 0 spiro atoms. The summed E-state index contributed by atoms with van der Waals surface area (Å²) in [5.74, 6) is 0. The maximum Gasteiger partial charge on any atom is 0.221 e. The van der Waals surface area contributed by atoms with Crippen LogP contribution in [-0.4, -0.2) is 5.24 Å². The molecule has 54 valence electrons. The Kier molecular flexibility index (Phi) is 45.0. The molecule has 0 aliphatic heterocycles. The van der Waals surface area contributed by atoms with Crippen molar-refractivity contribution in [3.8, 4) is 0 Å². The first-order chi connectivity index (χ1) is 2.27. The Morgan fingerprint density at radius 3 is 1.75 bits per heavy atom. The predicted molar refractivity (Wildman–Crippen MR) is 43.3 cm³/mol. The first-order valence-electron chi connectivity index (χ1n) is 1.45. The number of halogens is 2. The van der Waals surface area contributed by atoms with Crippen LogP contribution in [0, 0.1) is 37.7 Å². The number of carbonyl (C=O) groups is 1. The van der Waals surface area contributed by atoms with Crippen molar-refractivity contribution in [2.45, 2.75) is 20.8 Å². The Balaban J connectivity index is -0.0000000267. The molecule has 0 rings (SSSR count). The van der Waals surface area contributed by atoms with Crippen LogP contribution in [0.5, 0.6) is 0 Å². The van der Waals surface area contributed by atoms with Gasteiger partial charge in [-0.15, -0.1) is 24.0 Å². The predicted octanol–water partition coefficient (Wildman–Crippen LogP) is 2.42. The molecule has 4 heteroatoms. The van der Waals surface area contributed by atoms with Crippen molar-refractivity contribution in [3.05, 3.63) is 0 Å². The molecular formula is C4H10ArClIO. The molecule has 0 unspecified atom stereocenters. The Hall–Kier alpha value is 1.95. The third-order valence-electron chi connectivity index (χ3n) is 0.278. The first-order valence-corrected chi connectivity index (χ1v) is 1.83. The van der Waals surface area contributed by atoms with Gasteiger partial charge in [-0.3, -0.25) is 4.79 Å². The van der Waals surface area contributed by atoms with Gasteiger partial charge in [0.1, 0.15) is 0 Å². The zero-order valence-electron chi connectivity index (χ0n) is 3.76. The van der Waals surface area contributed by atoms with Crippen LogP contribution in [0.15, 0.2) is 0 Å². The fraction of sp³-hybridized carbons (Fsp3) is 0.750. The summed E-state index contributed by atoms with van der Waals surface area (Å²) in [5, 5.41) is -0.273. The van der Waals surface area contributed by atoms with Crippen LogP contribution in [0.2, 0.25) is 0 Å². The van der Waals surface area contributed by atoms with Crippen molar-refractivity contribution in [2.75, 3.05) is 0 Å². The summed E-state index contributed by atoms with van der Waals surface area (Å²) in [6, 6.07) is 0. The molecule has 0 saturated heterocycles. The number of rotatable bonds is 1. The molecule has 0 heterocycles. The van der Waals surface area contributed by atoms with E-state index >= 15 is 0 Å². The van der Waals surface area contributed by atoms with Gasteiger partial charge in [-0.05, 0) is 11.6 Å². The topological polar surface area (TPSA) is 17.1 Å². The van der Waals surface area contributed by atoms with E-state index in [0.29, 0.717) is 6.42 Å². The molecule has 0 aromatic heterocycles. The van der Waals surface area contributed by atoms with Crippen molar-refractivity contribution >= 4 is 40.8 Å². The quantitative estimate of drug-likeness (QED) is 0.531. The van der Waals surface area contributed by atoms with E-state index in [0.717, 1.165) is 0 Å². The van der Waals surface area contributed by atoms with Gasteiger partial charge in [0.05, 0.1) is 0 Å². The molecule has 0 bridgehead atoms. The average molecular weight is 276 g/mol. The summed E-state index contributed by atoms with van der Waals surface area (Å²) in [7, 11) is 0. The number of hydrogen-bond acceptors (Lipinski definition) is 1. The fourth-order valence-electron chi connectivity index (χ4n) is 0. The van der Waals surface area contributed by atoms with Gasteiger partial charge in [-0.1, -0.05) is 14.4 Å². The van der Waals surface area contributed by atoms with E-state index in [9.17, 15) is 4.79 Å². The monoisotopic (exact) mass is 276 g/mol. The molecule has 0 aromatic carbocycles. The Morgan fingerprint density at radius 1 is 1.62 bits per heavy atom. The second kappa shape index (κ2) is 16.0. The second-order valence-corrected chi connectivity index (χ2v) is 1.13. The van der Waals surface area contributed by atoms with Crippen molar-refractivity contribution in [2.24, 2.45) is 0 Å². The fourth-order valence-corrected chi connectivity index (χ4v) is 0. The van der Waals surface area contributed by atoms with E-state index in [1.807, 2.05) is 0 Å². The largest absolute Gasteiger partial charge is 0.281 e. The van der Waals surface area contributed by atoms with Gasteiger partial charge in [-0.25, -0.2) is 0 Å². The Bertz CT molecular complexity index is 51.3. The third-order valence-corrected chi connectivity index (χ3v) is 0.545. The minimum absolute atomic E-state index is 0. The van der Waals surface area contributed by atoms with Crippen LogP contribution in [0.3, 0.4) is 0 Å². The summed E-state index contributed by atoms with van der Waals surface area (Å²) in [4.78, 5) is 9.58. The Morgan fingerprint density at radius 2 is 1.75 bits per heavy atom. The Labute approximate surface area is 103 Å². The van der Waals surface area contributed by atoms with E-state index in [-0.39, 0.29) is 74.4 Å². The zero-order valence-corrected chi connectivity index (χ0v) is 7.55. The molecule has 0 aliphatic carbocycles. The van der Waals surface area contributed by atoms with Crippen molar-refractivity contribution < 1.29 is 42.5 Å². The third kappa shape index (κ3) is 24.6. The molecule has 0 aliphatic rings. The molecule has 8 heavy (non-hydrogen) atoms. The van der Waals surface area contributed by atoms with Gasteiger partial charge in [-0.2, -0.15) is 0 Å². The minimum atomic E-state index is -0.273. The van der Waals surface area contributed by atoms with E-state index in [1.165, 1.54) is 0 Å². The molecule has 0 fully saturated rings. The molecule has 0 radical (unpaired) electrons. The SMILES string of the molecule is C.CCC(=O)Cl.I.[Ar]. The molecule has 0 atom stereocenters. The van der Waals surface area contributed by atoms with Crippen LogP contribution in [0.25, 0.3) is 0 Å². The molecule has 0 saturated carbocycles. The van der Waals surface area contributed by atoms with Crippen LogP contribution in [0.1, 0.15) is 20.8 Å². The van der Waals surface area contributed by atoms with Crippen LogP contribution in [-0.2, 0) is 4.79 Å². The van der Waals surface area contributed by atoms with Crippen molar-refractivity contribution in [1.82, 2.24) is 0 Å². The summed E-state index contributed by atoms with van der Waals surface area (Å²) in [5.41, 5.74) is 0. The van der Waals surface area contributed by atoms with E-state index in [2.05, 4.69) is 0 Å². The van der Waals surface area contributed by atoms with Gasteiger partial charge in [0.25, 0.3) is 0 Å². The summed E-state index contributed by atoms with van der Waals surface area (Å²) < 4.78 is 0. The van der Waals surface area contributed by atoms with Crippen LogP contribution >= 0.6 is 35.6 Å². The van der Waals surface area contributed by atoms with Gasteiger partial charge in [0, 0.05) is 44.2 Å². The summed E-state index contributed by atoms with van der Waals surface area (Å²) in [6.45, 7) is 1.72. The average Bonchev–Trinajstić information content (AvgIpc) is 1.38. The molecular weight excluding hydrogens is 266 g/mol. The number of hydrogen-bond donors (Lipinski definition) is 0.